The molecule has 0 aliphatic heterocycles. The summed E-state index contributed by atoms with van der Waals surface area (Å²) in [6, 6.07) is 6.63. The molecule has 102 valence electrons. The third-order valence-corrected chi connectivity index (χ3v) is 2.82. The molecule has 0 spiro atoms. The number of anilines is 1. The summed E-state index contributed by atoms with van der Waals surface area (Å²) in [5.41, 5.74) is 1.59. The quantitative estimate of drug-likeness (QED) is 0.663. The van der Waals surface area contributed by atoms with Crippen molar-refractivity contribution in [2.75, 3.05) is 11.9 Å². The first kappa shape index (κ1) is 13.5. The van der Waals surface area contributed by atoms with Gasteiger partial charge in [0.25, 0.3) is 5.69 Å². The number of hydrogen-bond acceptors (Lipinski definition) is 5. The number of hydrogen-bond donors (Lipinski definition) is 1. The van der Waals surface area contributed by atoms with E-state index in [-0.39, 0.29) is 11.5 Å². The van der Waals surface area contributed by atoms with Crippen molar-refractivity contribution in [2.24, 2.45) is 0 Å². The van der Waals surface area contributed by atoms with Gasteiger partial charge in [-0.2, -0.15) is 5.26 Å². The smallest absolute Gasteiger partial charge is 0.269 e. The zero-order valence-corrected chi connectivity index (χ0v) is 10.9. The van der Waals surface area contributed by atoms with Crippen LogP contribution in [0.2, 0.25) is 0 Å². The van der Waals surface area contributed by atoms with Crippen molar-refractivity contribution < 1.29 is 4.92 Å². The number of rotatable bonds is 5. The lowest BCUT2D eigenvalue weighted by Gasteiger charge is -2.11. The predicted molar refractivity (Wildman–Crippen MR) is 73.3 cm³/mol. The molecule has 0 aliphatic carbocycles. The van der Waals surface area contributed by atoms with Crippen LogP contribution in [-0.4, -0.2) is 21.0 Å². The molecule has 7 nitrogen and oxygen atoms in total. The first-order valence-corrected chi connectivity index (χ1v) is 6.08. The Kier molecular flexibility index (Phi) is 3.96. The van der Waals surface area contributed by atoms with Crippen molar-refractivity contribution in [1.29, 1.82) is 5.26 Å². The average molecular weight is 271 g/mol. The minimum Gasteiger partial charge on any atom is -0.385 e. The van der Waals surface area contributed by atoms with Gasteiger partial charge in [0, 0.05) is 42.3 Å². The van der Waals surface area contributed by atoms with Crippen LogP contribution in [0.1, 0.15) is 18.3 Å². The lowest BCUT2D eigenvalue weighted by Crippen LogP contribution is -2.07. The average Bonchev–Trinajstić information content (AvgIpc) is 2.88. The molecule has 0 saturated carbocycles. The molecule has 0 amide bonds. The Balaban J connectivity index is 2.40. The van der Waals surface area contributed by atoms with Crippen LogP contribution in [0.15, 0.2) is 30.6 Å². The molecule has 1 aromatic heterocycles. The standard InChI is InChI=1S/C13H13N5O2/c1-2-15-12-4-3-11(18(19)20)7-10(12)9-17-6-5-16-13(17)8-14/h3-7,15H,2,9H2,1H3. The first-order chi connectivity index (χ1) is 9.65. The largest absolute Gasteiger partial charge is 0.385 e. The molecule has 1 N–H and O–H groups in total. The monoisotopic (exact) mass is 271 g/mol. The topological polar surface area (TPSA) is 96.8 Å². The van der Waals surface area contributed by atoms with E-state index in [0.29, 0.717) is 13.1 Å². The number of nitrogens with zero attached hydrogens (tertiary/aromatic N) is 4. The maximum absolute atomic E-state index is 10.9. The van der Waals surface area contributed by atoms with Crippen LogP contribution in [0.3, 0.4) is 0 Å². The minimum absolute atomic E-state index is 0.0280. The molecule has 2 aromatic rings. The second-order valence-corrected chi connectivity index (χ2v) is 4.12. The van der Waals surface area contributed by atoms with E-state index in [9.17, 15) is 10.1 Å². The normalized spacial score (nSPS) is 10.0. The molecule has 0 radical (unpaired) electrons. The van der Waals surface area contributed by atoms with Gasteiger partial charge < -0.3 is 9.88 Å². The van der Waals surface area contributed by atoms with Gasteiger partial charge in [-0.15, -0.1) is 0 Å². The van der Waals surface area contributed by atoms with Gasteiger partial charge in [0.15, 0.2) is 0 Å². The highest BCUT2D eigenvalue weighted by atomic mass is 16.6. The maximum Gasteiger partial charge on any atom is 0.269 e. The summed E-state index contributed by atoms with van der Waals surface area (Å²) >= 11 is 0. The maximum atomic E-state index is 10.9. The number of nitro groups is 1. The van der Waals surface area contributed by atoms with Gasteiger partial charge in [0.1, 0.15) is 6.07 Å². The Morgan fingerprint density at radius 3 is 3.00 bits per heavy atom. The number of benzene rings is 1. The van der Waals surface area contributed by atoms with Crippen LogP contribution in [0, 0.1) is 21.4 Å². The molecule has 0 fully saturated rings. The summed E-state index contributed by atoms with van der Waals surface area (Å²) in [4.78, 5) is 14.3. The summed E-state index contributed by atoms with van der Waals surface area (Å²) < 4.78 is 1.65. The van der Waals surface area contributed by atoms with Crippen LogP contribution in [0.5, 0.6) is 0 Å². The molecular formula is C13H13N5O2. The van der Waals surface area contributed by atoms with Gasteiger partial charge in [-0.25, -0.2) is 4.98 Å². The van der Waals surface area contributed by atoms with E-state index in [1.54, 1.807) is 16.8 Å². The molecule has 1 aromatic carbocycles. The summed E-state index contributed by atoms with van der Waals surface area (Å²) in [5, 5.41) is 23.0. The van der Waals surface area contributed by atoms with Crippen molar-refractivity contribution in [3.05, 3.63) is 52.1 Å². The molecule has 0 unspecified atom stereocenters. The number of non-ortho nitro benzene ring substituents is 1. The van der Waals surface area contributed by atoms with Gasteiger partial charge >= 0.3 is 0 Å². The second kappa shape index (κ2) is 5.84. The highest BCUT2D eigenvalue weighted by molar-refractivity contribution is 5.56. The molecule has 1 heterocycles. The Bertz CT molecular complexity index is 672. The number of nitriles is 1. The van der Waals surface area contributed by atoms with E-state index in [1.165, 1.54) is 18.3 Å². The SMILES string of the molecule is CCNc1ccc([N+](=O)[O-])cc1Cn1ccnc1C#N. The van der Waals surface area contributed by atoms with Crippen LogP contribution in [-0.2, 0) is 6.54 Å². The summed E-state index contributed by atoms with van der Waals surface area (Å²) in [7, 11) is 0. The lowest BCUT2D eigenvalue weighted by atomic mass is 10.1. The zero-order chi connectivity index (χ0) is 14.5. The number of aromatic nitrogens is 2. The Hall–Kier alpha value is -2.88. The van der Waals surface area contributed by atoms with Crippen molar-refractivity contribution >= 4 is 11.4 Å². The van der Waals surface area contributed by atoms with Crippen LogP contribution in [0.25, 0.3) is 0 Å². The van der Waals surface area contributed by atoms with Crippen molar-refractivity contribution in [3.8, 4) is 6.07 Å². The Morgan fingerprint density at radius 2 is 2.35 bits per heavy atom. The predicted octanol–water partition coefficient (Wildman–Crippen LogP) is 2.14. The highest BCUT2D eigenvalue weighted by Gasteiger charge is 2.12. The van der Waals surface area contributed by atoms with Crippen LogP contribution < -0.4 is 5.32 Å². The molecular weight excluding hydrogens is 258 g/mol. The number of nitrogens with one attached hydrogen (secondary N) is 1. The molecule has 7 heteroatoms. The van der Waals surface area contributed by atoms with Crippen LogP contribution in [0.4, 0.5) is 11.4 Å². The van der Waals surface area contributed by atoms with Gasteiger partial charge in [0.2, 0.25) is 5.82 Å². The summed E-state index contributed by atoms with van der Waals surface area (Å²) in [6.07, 6.45) is 3.20. The summed E-state index contributed by atoms with van der Waals surface area (Å²) in [6.45, 7) is 3.01. The minimum atomic E-state index is -0.432. The van der Waals surface area contributed by atoms with E-state index >= 15 is 0 Å². The van der Waals surface area contributed by atoms with Gasteiger partial charge in [-0.1, -0.05) is 0 Å². The van der Waals surface area contributed by atoms with E-state index < -0.39 is 4.92 Å². The Morgan fingerprint density at radius 1 is 1.55 bits per heavy atom. The fourth-order valence-corrected chi connectivity index (χ4v) is 1.92. The third-order valence-electron chi connectivity index (χ3n) is 2.82. The number of imidazole rings is 1. The molecule has 20 heavy (non-hydrogen) atoms. The van der Waals surface area contributed by atoms with Crippen molar-refractivity contribution in [1.82, 2.24) is 9.55 Å². The second-order valence-electron chi connectivity index (χ2n) is 4.12. The summed E-state index contributed by atoms with van der Waals surface area (Å²) in [5.74, 6) is 0.277. The highest BCUT2D eigenvalue weighted by Crippen LogP contribution is 2.23. The molecule has 0 saturated heterocycles. The van der Waals surface area contributed by atoms with Crippen molar-refractivity contribution in [3.63, 3.8) is 0 Å². The molecule has 0 atom stereocenters. The zero-order valence-electron chi connectivity index (χ0n) is 10.9. The first-order valence-electron chi connectivity index (χ1n) is 6.08. The molecule has 0 aliphatic rings. The third kappa shape index (κ3) is 2.75. The van der Waals surface area contributed by atoms with Crippen LogP contribution >= 0.6 is 0 Å². The lowest BCUT2D eigenvalue weighted by molar-refractivity contribution is -0.384. The van der Waals surface area contributed by atoms with Crippen molar-refractivity contribution in [2.45, 2.75) is 13.5 Å². The van der Waals surface area contributed by atoms with Gasteiger partial charge in [-0.3, -0.25) is 10.1 Å². The van der Waals surface area contributed by atoms with E-state index in [1.807, 2.05) is 13.0 Å². The van der Waals surface area contributed by atoms with E-state index in [4.69, 9.17) is 5.26 Å². The van der Waals surface area contributed by atoms with E-state index in [0.717, 1.165) is 11.3 Å². The van der Waals surface area contributed by atoms with Gasteiger partial charge in [0.05, 0.1) is 11.5 Å². The fourth-order valence-electron chi connectivity index (χ4n) is 1.92. The Labute approximate surface area is 115 Å². The fraction of sp³-hybridized carbons (Fsp3) is 0.231. The van der Waals surface area contributed by atoms with E-state index in [2.05, 4.69) is 10.3 Å². The van der Waals surface area contributed by atoms with Gasteiger partial charge in [-0.05, 0) is 13.0 Å². The molecule has 2 rings (SSSR count). The number of nitro benzene ring substituents is 1. The molecule has 0 bridgehead atoms.